The third-order valence-electron chi connectivity index (χ3n) is 0.781. The first kappa shape index (κ1) is 9.65. The Morgan fingerprint density at radius 3 is 2.40 bits per heavy atom. The summed E-state index contributed by atoms with van der Waals surface area (Å²) in [6.45, 7) is 3.69. The van der Waals surface area contributed by atoms with Gasteiger partial charge >= 0.3 is 0 Å². The van der Waals surface area contributed by atoms with Gasteiger partial charge in [0.05, 0.1) is 12.0 Å². The molecule has 0 saturated heterocycles. The second-order valence-corrected chi connectivity index (χ2v) is 3.17. The van der Waals surface area contributed by atoms with E-state index in [-0.39, 0.29) is 6.61 Å². The predicted octanol–water partition coefficient (Wildman–Crippen LogP) is 1.28. The van der Waals surface area contributed by atoms with Crippen molar-refractivity contribution in [1.82, 2.24) is 0 Å². The van der Waals surface area contributed by atoms with Crippen LogP contribution in [0.2, 0.25) is 0 Å². The van der Waals surface area contributed by atoms with Crippen molar-refractivity contribution in [3.63, 3.8) is 0 Å². The van der Waals surface area contributed by atoms with Crippen LogP contribution < -0.4 is 0 Å². The third-order valence-corrected chi connectivity index (χ3v) is 1.87. The molecule has 0 aromatic rings. The number of hydrogen-bond acceptors (Lipinski definition) is 3. The Bertz CT molecular complexity index is 191. The van der Waals surface area contributed by atoms with Crippen molar-refractivity contribution >= 4 is 10.1 Å². The van der Waals surface area contributed by atoms with Crippen LogP contribution >= 0.6 is 0 Å². The van der Waals surface area contributed by atoms with Crippen LogP contribution in [0.4, 0.5) is 0 Å². The molecule has 0 radical (unpaired) electrons. The summed E-state index contributed by atoms with van der Waals surface area (Å²) < 4.78 is 25.8. The molecule has 0 heterocycles. The zero-order valence-corrected chi connectivity index (χ0v) is 7.02. The Labute approximate surface area is 61.8 Å². The summed E-state index contributed by atoms with van der Waals surface area (Å²) in [5.41, 5.74) is 0. The quantitative estimate of drug-likeness (QED) is 0.588. The highest BCUT2D eigenvalue weighted by molar-refractivity contribution is 7.89. The minimum atomic E-state index is -3.37. The van der Waals surface area contributed by atoms with Gasteiger partial charge in [-0.05, 0) is 13.3 Å². The molecule has 0 aliphatic carbocycles. The highest BCUT2D eigenvalue weighted by Gasteiger charge is 2.01. The van der Waals surface area contributed by atoms with Crippen LogP contribution in [0.25, 0.3) is 0 Å². The SMILES string of the molecule is CCC=CS(=O)(=O)OCC. The van der Waals surface area contributed by atoms with Gasteiger partial charge < -0.3 is 0 Å². The number of allylic oxidation sites excluding steroid dienone is 1. The van der Waals surface area contributed by atoms with E-state index < -0.39 is 10.1 Å². The van der Waals surface area contributed by atoms with Crippen LogP contribution in [0.3, 0.4) is 0 Å². The Kier molecular flexibility index (Phi) is 4.31. The van der Waals surface area contributed by atoms with Crippen molar-refractivity contribution in [2.45, 2.75) is 20.3 Å². The zero-order chi connectivity index (χ0) is 8.04. The maximum Gasteiger partial charge on any atom is 0.289 e. The van der Waals surface area contributed by atoms with E-state index in [4.69, 9.17) is 0 Å². The van der Waals surface area contributed by atoms with E-state index in [0.29, 0.717) is 6.42 Å². The van der Waals surface area contributed by atoms with E-state index >= 15 is 0 Å². The maximum absolute atomic E-state index is 10.7. The summed E-state index contributed by atoms with van der Waals surface area (Å²) in [5, 5.41) is 1.08. The molecule has 0 fully saturated rings. The monoisotopic (exact) mass is 164 g/mol. The Hall–Kier alpha value is -0.350. The summed E-state index contributed by atoms with van der Waals surface area (Å²) in [6, 6.07) is 0. The summed E-state index contributed by atoms with van der Waals surface area (Å²) in [4.78, 5) is 0. The Morgan fingerprint density at radius 1 is 1.40 bits per heavy atom. The number of rotatable bonds is 4. The largest absolute Gasteiger partial charge is 0.289 e. The topological polar surface area (TPSA) is 43.4 Å². The van der Waals surface area contributed by atoms with Gasteiger partial charge in [-0.2, -0.15) is 8.42 Å². The van der Waals surface area contributed by atoms with E-state index in [0.717, 1.165) is 5.41 Å². The summed E-state index contributed by atoms with van der Waals surface area (Å²) in [7, 11) is -3.37. The molecule has 0 spiro atoms. The van der Waals surface area contributed by atoms with E-state index in [1.165, 1.54) is 0 Å². The molecule has 0 aliphatic rings. The van der Waals surface area contributed by atoms with Crippen LogP contribution in [-0.2, 0) is 14.3 Å². The van der Waals surface area contributed by atoms with Crippen molar-refractivity contribution < 1.29 is 12.6 Å². The molecule has 0 atom stereocenters. The highest BCUT2D eigenvalue weighted by Crippen LogP contribution is 1.95. The lowest BCUT2D eigenvalue weighted by Crippen LogP contribution is -2.00. The normalized spacial score (nSPS) is 12.6. The fraction of sp³-hybridized carbons (Fsp3) is 0.667. The first-order chi connectivity index (χ1) is 4.62. The fourth-order valence-corrected chi connectivity index (χ4v) is 1.25. The molecule has 0 unspecified atom stereocenters. The van der Waals surface area contributed by atoms with Crippen molar-refractivity contribution in [2.75, 3.05) is 6.61 Å². The fourth-order valence-electron chi connectivity index (χ4n) is 0.418. The van der Waals surface area contributed by atoms with Crippen molar-refractivity contribution in [3.8, 4) is 0 Å². The van der Waals surface area contributed by atoms with Crippen LogP contribution in [0.5, 0.6) is 0 Å². The van der Waals surface area contributed by atoms with Crippen LogP contribution in [0.15, 0.2) is 11.5 Å². The Morgan fingerprint density at radius 2 is 2.00 bits per heavy atom. The molecule has 60 valence electrons. The van der Waals surface area contributed by atoms with Gasteiger partial charge in [0.1, 0.15) is 0 Å². The first-order valence-corrected chi connectivity index (χ1v) is 4.65. The smallest absolute Gasteiger partial charge is 0.267 e. The summed E-state index contributed by atoms with van der Waals surface area (Å²) in [6.07, 6.45) is 2.25. The average Bonchev–Trinajstić information content (AvgIpc) is 1.84. The molecule has 10 heavy (non-hydrogen) atoms. The van der Waals surface area contributed by atoms with Crippen LogP contribution in [0.1, 0.15) is 20.3 Å². The highest BCUT2D eigenvalue weighted by atomic mass is 32.2. The second kappa shape index (κ2) is 4.46. The van der Waals surface area contributed by atoms with Gasteiger partial charge in [0.15, 0.2) is 0 Å². The summed E-state index contributed by atoms with van der Waals surface area (Å²) >= 11 is 0. The van der Waals surface area contributed by atoms with Gasteiger partial charge in [0.2, 0.25) is 0 Å². The van der Waals surface area contributed by atoms with E-state index in [9.17, 15) is 8.42 Å². The van der Waals surface area contributed by atoms with Gasteiger partial charge in [-0.15, -0.1) is 0 Å². The molecule has 0 amide bonds. The minimum absolute atomic E-state index is 0.191. The van der Waals surface area contributed by atoms with Crippen LogP contribution in [-0.4, -0.2) is 15.0 Å². The van der Waals surface area contributed by atoms with E-state index in [1.807, 2.05) is 6.92 Å². The van der Waals surface area contributed by atoms with Crippen molar-refractivity contribution in [3.05, 3.63) is 11.5 Å². The van der Waals surface area contributed by atoms with Gasteiger partial charge in [-0.1, -0.05) is 13.0 Å². The third kappa shape index (κ3) is 4.52. The van der Waals surface area contributed by atoms with Gasteiger partial charge in [-0.3, -0.25) is 4.18 Å². The summed E-state index contributed by atoms with van der Waals surface area (Å²) in [5.74, 6) is 0. The van der Waals surface area contributed by atoms with Crippen molar-refractivity contribution in [2.24, 2.45) is 0 Å². The molecule has 0 saturated carbocycles. The van der Waals surface area contributed by atoms with Gasteiger partial charge in [0.25, 0.3) is 10.1 Å². The average molecular weight is 164 g/mol. The second-order valence-electron chi connectivity index (χ2n) is 1.68. The van der Waals surface area contributed by atoms with Gasteiger partial charge in [-0.25, -0.2) is 0 Å². The minimum Gasteiger partial charge on any atom is -0.267 e. The molecule has 0 aliphatic heterocycles. The molecule has 4 heteroatoms. The zero-order valence-electron chi connectivity index (χ0n) is 6.20. The first-order valence-electron chi connectivity index (χ1n) is 3.18. The molecule has 0 bridgehead atoms. The molecule has 0 N–H and O–H groups in total. The maximum atomic E-state index is 10.7. The number of hydrogen-bond donors (Lipinski definition) is 0. The lowest BCUT2D eigenvalue weighted by Gasteiger charge is -1.94. The molecule has 0 rings (SSSR count). The van der Waals surface area contributed by atoms with E-state index in [2.05, 4.69) is 4.18 Å². The van der Waals surface area contributed by atoms with Crippen LogP contribution in [0, 0.1) is 0 Å². The molecular weight excluding hydrogens is 152 g/mol. The molecule has 0 aromatic heterocycles. The van der Waals surface area contributed by atoms with Gasteiger partial charge in [0, 0.05) is 0 Å². The van der Waals surface area contributed by atoms with E-state index in [1.54, 1.807) is 13.0 Å². The standard InChI is InChI=1S/C6H12O3S/c1-3-5-6-10(7,8)9-4-2/h5-6H,3-4H2,1-2H3. The lowest BCUT2D eigenvalue weighted by atomic mass is 10.5. The van der Waals surface area contributed by atoms with Crippen molar-refractivity contribution in [1.29, 1.82) is 0 Å². The molecule has 3 nitrogen and oxygen atoms in total. The lowest BCUT2D eigenvalue weighted by molar-refractivity contribution is 0.344. The molecule has 0 aromatic carbocycles. The molecular formula is C6H12O3S. The predicted molar refractivity (Wildman–Crippen MR) is 40.0 cm³/mol. The Balaban J connectivity index is 4.01.